The summed E-state index contributed by atoms with van der Waals surface area (Å²) in [6.45, 7) is 1.34. The maximum Gasteiger partial charge on any atom is 0.243 e. The lowest BCUT2D eigenvalue weighted by Crippen LogP contribution is -2.40. The number of ether oxygens (including phenoxy) is 1. The van der Waals surface area contributed by atoms with E-state index < -0.39 is 21.7 Å². The van der Waals surface area contributed by atoms with Crippen LogP contribution in [0.1, 0.15) is 18.9 Å². The van der Waals surface area contributed by atoms with Gasteiger partial charge >= 0.3 is 0 Å². The van der Waals surface area contributed by atoms with Crippen molar-refractivity contribution in [2.45, 2.75) is 23.8 Å². The molecular weight excluding hydrogens is 414 g/mol. The molecule has 2 heterocycles. The fourth-order valence-electron chi connectivity index (χ4n) is 3.62. The van der Waals surface area contributed by atoms with Gasteiger partial charge in [0.2, 0.25) is 10.0 Å². The Morgan fingerprint density at radius 3 is 2.50 bits per heavy atom. The molecule has 1 saturated carbocycles. The summed E-state index contributed by atoms with van der Waals surface area (Å²) in [5, 5.41) is 8.22. The van der Waals surface area contributed by atoms with Crippen LogP contribution >= 0.6 is 0 Å². The standard InChI is InChI=1S/C20H20F2N4O3S/c21-17-5-1-13(11-18(17)22)23-20-16-12-15(30(27,28)25-7-9-29-10-8-25)4-6-19(16)26(24-20)14-2-3-14/h1,4-6,11-12,14H,2-3,7-10H2,(H,23,24). The zero-order valence-corrected chi connectivity index (χ0v) is 16.8. The number of fused-ring (bicyclic) bond motifs is 1. The second kappa shape index (κ2) is 7.29. The van der Waals surface area contributed by atoms with Crippen molar-refractivity contribution >= 4 is 32.4 Å². The van der Waals surface area contributed by atoms with Gasteiger partial charge in [-0.15, -0.1) is 0 Å². The molecule has 1 aliphatic heterocycles. The number of halogens is 2. The lowest BCUT2D eigenvalue weighted by atomic mass is 10.2. The van der Waals surface area contributed by atoms with E-state index in [0.29, 0.717) is 43.2 Å². The summed E-state index contributed by atoms with van der Waals surface area (Å²) in [5.41, 5.74) is 1.13. The number of nitrogens with one attached hydrogen (secondary N) is 1. The summed E-state index contributed by atoms with van der Waals surface area (Å²) in [7, 11) is -3.67. The third-order valence-electron chi connectivity index (χ3n) is 5.36. The van der Waals surface area contributed by atoms with Crippen molar-refractivity contribution in [3.63, 3.8) is 0 Å². The number of morpholine rings is 1. The number of anilines is 2. The molecule has 30 heavy (non-hydrogen) atoms. The van der Waals surface area contributed by atoms with Gasteiger partial charge in [0.25, 0.3) is 0 Å². The second-order valence-electron chi connectivity index (χ2n) is 7.47. The summed E-state index contributed by atoms with van der Waals surface area (Å²) < 4.78 is 61.6. The maximum absolute atomic E-state index is 13.6. The van der Waals surface area contributed by atoms with Crippen LogP contribution in [0.4, 0.5) is 20.3 Å². The average Bonchev–Trinajstić information content (AvgIpc) is 3.54. The van der Waals surface area contributed by atoms with Crippen molar-refractivity contribution in [1.82, 2.24) is 14.1 Å². The minimum atomic E-state index is -3.67. The first-order valence-corrected chi connectivity index (χ1v) is 11.2. The Labute approximate surface area is 172 Å². The quantitative estimate of drug-likeness (QED) is 0.666. The van der Waals surface area contributed by atoms with E-state index in [0.717, 1.165) is 30.5 Å². The zero-order chi connectivity index (χ0) is 20.9. The molecule has 0 spiro atoms. The molecule has 0 atom stereocenters. The molecule has 7 nitrogen and oxygen atoms in total. The van der Waals surface area contributed by atoms with Crippen LogP contribution in [0.2, 0.25) is 0 Å². The molecule has 1 aliphatic carbocycles. The Kier molecular flexibility index (Phi) is 4.72. The molecule has 0 radical (unpaired) electrons. The van der Waals surface area contributed by atoms with E-state index in [1.165, 1.54) is 10.4 Å². The van der Waals surface area contributed by atoms with E-state index in [4.69, 9.17) is 4.74 Å². The SMILES string of the molecule is O=S(=O)(c1ccc2c(c1)c(Nc1ccc(F)c(F)c1)nn2C1CC1)N1CCOCC1. The molecule has 0 bridgehead atoms. The zero-order valence-electron chi connectivity index (χ0n) is 16.0. The van der Waals surface area contributed by atoms with Gasteiger partial charge in [-0.3, -0.25) is 4.68 Å². The van der Waals surface area contributed by atoms with Gasteiger partial charge in [-0.05, 0) is 43.2 Å². The number of hydrogen-bond donors (Lipinski definition) is 1. The Hall–Kier alpha value is -2.56. The van der Waals surface area contributed by atoms with Gasteiger partial charge in [0.05, 0.1) is 29.7 Å². The van der Waals surface area contributed by atoms with Gasteiger partial charge in [-0.1, -0.05) is 0 Å². The van der Waals surface area contributed by atoms with E-state index >= 15 is 0 Å². The molecule has 3 aromatic rings. The summed E-state index contributed by atoms with van der Waals surface area (Å²) in [4.78, 5) is 0.167. The number of nitrogens with zero attached hydrogens (tertiary/aromatic N) is 3. The molecule has 1 saturated heterocycles. The summed E-state index contributed by atoms with van der Waals surface area (Å²) in [6, 6.07) is 8.69. The highest BCUT2D eigenvalue weighted by Crippen LogP contribution is 2.40. The third-order valence-corrected chi connectivity index (χ3v) is 7.26. The first kappa shape index (κ1) is 19.4. The molecule has 5 rings (SSSR count). The minimum absolute atomic E-state index is 0.167. The summed E-state index contributed by atoms with van der Waals surface area (Å²) in [6.07, 6.45) is 1.99. The van der Waals surface area contributed by atoms with Crippen molar-refractivity contribution in [2.24, 2.45) is 0 Å². The van der Waals surface area contributed by atoms with E-state index in [-0.39, 0.29) is 10.9 Å². The normalized spacial score (nSPS) is 18.1. The van der Waals surface area contributed by atoms with E-state index in [1.54, 1.807) is 18.2 Å². The highest BCUT2D eigenvalue weighted by atomic mass is 32.2. The van der Waals surface area contributed by atoms with Crippen LogP contribution in [-0.4, -0.2) is 48.8 Å². The topological polar surface area (TPSA) is 76.5 Å². The molecule has 0 unspecified atom stereocenters. The lowest BCUT2D eigenvalue weighted by Gasteiger charge is -2.26. The van der Waals surface area contributed by atoms with Crippen LogP contribution in [0.5, 0.6) is 0 Å². The predicted molar refractivity (Wildman–Crippen MR) is 107 cm³/mol. The van der Waals surface area contributed by atoms with Crippen LogP contribution in [-0.2, 0) is 14.8 Å². The molecule has 0 amide bonds. The minimum Gasteiger partial charge on any atom is -0.379 e. The fraction of sp³-hybridized carbons (Fsp3) is 0.350. The van der Waals surface area contributed by atoms with Crippen molar-refractivity contribution in [3.05, 3.63) is 48.0 Å². The maximum atomic E-state index is 13.6. The first-order valence-electron chi connectivity index (χ1n) is 9.76. The number of benzene rings is 2. The molecular formula is C20H20F2N4O3S. The molecule has 1 N–H and O–H groups in total. The monoisotopic (exact) mass is 434 g/mol. The summed E-state index contributed by atoms with van der Waals surface area (Å²) >= 11 is 0. The highest BCUT2D eigenvalue weighted by molar-refractivity contribution is 7.89. The Morgan fingerprint density at radius 2 is 1.80 bits per heavy atom. The van der Waals surface area contributed by atoms with Gasteiger partial charge in [0.1, 0.15) is 0 Å². The first-order chi connectivity index (χ1) is 14.4. The predicted octanol–water partition coefficient (Wildman–Crippen LogP) is 3.41. The van der Waals surface area contributed by atoms with Gasteiger partial charge in [-0.2, -0.15) is 9.40 Å². The van der Waals surface area contributed by atoms with Crippen LogP contribution in [0.25, 0.3) is 10.9 Å². The van der Waals surface area contributed by atoms with Gasteiger partial charge in [0, 0.05) is 30.2 Å². The molecule has 158 valence electrons. The highest BCUT2D eigenvalue weighted by Gasteiger charge is 2.30. The Balaban J connectivity index is 1.57. The number of rotatable bonds is 5. The third kappa shape index (κ3) is 3.44. The van der Waals surface area contributed by atoms with Gasteiger partial charge in [-0.25, -0.2) is 17.2 Å². The van der Waals surface area contributed by atoms with Crippen LogP contribution < -0.4 is 5.32 Å². The number of aromatic nitrogens is 2. The van der Waals surface area contributed by atoms with E-state index in [1.807, 2.05) is 4.68 Å². The van der Waals surface area contributed by atoms with Crippen molar-refractivity contribution < 1.29 is 21.9 Å². The number of hydrogen-bond acceptors (Lipinski definition) is 5. The van der Waals surface area contributed by atoms with E-state index in [2.05, 4.69) is 10.4 Å². The molecule has 2 aliphatic rings. The largest absolute Gasteiger partial charge is 0.379 e. The van der Waals surface area contributed by atoms with Crippen LogP contribution in [0, 0.1) is 11.6 Å². The Bertz CT molecular complexity index is 1220. The van der Waals surface area contributed by atoms with Crippen molar-refractivity contribution in [3.8, 4) is 0 Å². The smallest absolute Gasteiger partial charge is 0.243 e. The molecule has 10 heteroatoms. The molecule has 1 aromatic heterocycles. The van der Waals surface area contributed by atoms with Crippen molar-refractivity contribution in [1.29, 1.82) is 0 Å². The van der Waals surface area contributed by atoms with Crippen LogP contribution in [0.3, 0.4) is 0 Å². The number of sulfonamides is 1. The van der Waals surface area contributed by atoms with Gasteiger partial charge < -0.3 is 10.1 Å². The van der Waals surface area contributed by atoms with Gasteiger partial charge in [0.15, 0.2) is 17.5 Å². The average molecular weight is 434 g/mol. The lowest BCUT2D eigenvalue weighted by molar-refractivity contribution is 0.0730. The molecule has 2 aromatic carbocycles. The van der Waals surface area contributed by atoms with Crippen molar-refractivity contribution in [2.75, 3.05) is 31.6 Å². The summed E-state index contributed by atoms with van der Waals surface area (Å²) in [5.74, 6) is -1.50. The fourth-order valence-corrected chi connectivity index (χ4v) is 5.05. The van der Waals surface area contributed by atoms with Crippen LogP contribution in [0.15, 0.2) is 41.3 Å². The molecule has 2 fully saturated rings. The van der Waals surface area contributed by atoms with E-state index in [9.17, 15) is 17.2 Å². The Morgan fingerprint density at radius 1 is 1.03 bits per heavy atom. The second-order valence-corrected chi connectivity index (χ2v) is 9.41.